The third-order valence-electron chi connectivity index (χ3n) is 7.01. The van der Waals surface area contributed by atoms with Crippen molar-refractivity contribution in [3.05, 3.63) is 97.9 Å². The van der Waals surface area contributed by atoms with Gasteiger partial charge in [0.2, 0.25) is 0 Å². The fourth-order valence-electron chi connectivity index (χ4n) is 5.05. The predicted octanol–water partition coefficient (Wildman–Crippen LogP) is 3.16. The highest BCUT2D eigenvalue weighted by Crippen LogP contribution is 2.41. The fraction of sp³-hybridized carbons (Fsp3) is 0.333. The van der Waals surface area contributed by atoms with E-state index in [9.17, 15) is 29.3 Å². The Morgan fingerprint density at radius 2 is 1.64 bits per heavy atom. The van der Waals surface area contributed by atoms with E-state index in [1.54, 1.807) is 44.2 Å². The van der Waals surface area contributed by atoms with E-state index < -0.39 is 34.6 Å². The molecule has 2 aromatic rings. The van der Waals surface area contributed by atoms with Crippen LogP contribution in [0.3, 0.4) is 0 Å². The molecular weight excluding hydrogens is 544 g/mol. The van der Waals surface area contributed by atoms with Crippen LogP contribution in [-0.4, -0.2) is 78.9 Å². The molecule has 0 saturated heterocycles. The molecule has 1 atom stereocenters. The second-order valence-electron chi connectivity index (χ2n) is 10.1. The summed E-state index contributed by atoms with van der Waals surface area (Å²) in [5.74, 6) is -3.46. The number of benzene rings is 2. The number of non-ortho nitro benzene ring substituents is 1. The van der Waals surface area contributed by atoms with Gasteiger partial charge in [0.1, 0.15) is 6.61 Å². The Hall–Kier alpha value is -4.84. The van der Waals surface area contributed by atoms with Gasteiger partial charge in [0.15, 0.2) is 0 Å². The van der Waals surface area contributed by atoms with Gasteiger partial charge in [0, 0.05) is 36.5 Å². The maximum atomic E-state index is 13.6. The zero-order valence-electron chi connectivity index (χ0n) is 23.8. The highest BCUT2D eigenvalue weighted by molar-refractivity contribution is 6.21. The highest BCUT2D eigenvalue weighted by Gasteiger charge is 2.40. The molecule has 0 spiro atoms. The van der Waals surface area contributed by atoms with Crippen LogP contribution in [0.2, 0.25) is 0 Å². The molecular formula is C30H32N4O8. The van der Waals surface area contributed by atoms with Crippen LogP contribution in [0.15, 0.2) is 71.1 Å². The minimum Gasteiger partial charge on any atom is -0.463 e. The maximum Gasteiger partial charge on any atom is 0.336 e. The second-order valence-corrected chi connectivity index (χ2v) is 10.1. The minimum absolute atomic E-state index is 0.0644. The second kappa shape index (κ2) is 12.8. The normalized spacial score (nSPS) is 16.5. The number of amides is 2. The molecule has 1 N–H and O–H groups in total. The number of esters is 2. The van der Waals surface area contributed by atoms with Gasteiger partial charge >= 0.3 is 11.9 Å². The largest absolute Gasteiger partial charge is 0.463 e. The number of nitrogens with one attached hydrogen (secondary N) is 1. The summed E-state index contributed by atoms with van der Waals surface area (Å²) in [6.45, 7) is 3.49. The topological polar surface area (TPSA) is 148 Å². The Kier molecular flexibility index (Phi) is 9.16. The van der Waals surface area contributed by atoms with Crippen molar-refractivity contribution in [2.24, 2.45) is 0 Å². The lowest BCUT2D eigenvalue weighted by Gasteiger charge is -2.32. The smallest absolute Gasteiger partial charge is 0.336 e. The molecule has 42 heavy (non-hydrogen) atoms. The monoisotopic (exact) mass is 576 g/mol. The van der Waals surface area contributed by atoms with Gasteiger partial charge < -0.3 is 19.7 Å². The first kappa shape index (κ1) is 30.1. The van der Waals surface area contributed by atoms with E-state index in [1.807, 2.05) is 19.0 Å². The van der Waals surface area contributed by atoms with Gasteiger partial charge in [0.05, 0.1) is 46.3 Å². The lowest BCUT2D eigenvalue weighted by molar-refractivity contribution is -0.384. The minimum atomic E-state index is -1.03. The number of nitro benzene ring substituents is 1. The molecule has 0 radical (unpaired) electrons. The number of carbonyl (C=O) groups excluding carboxylic acids is 4. The third kappa shape index (κ3) is 6.08. The molecule has 1 unspecified atom stereocenters. The molecule has 12 heteroatoms. The van der Waals surface area contributed by atoms with Crippen molar-refractivity contribution in [1.29, 1.82) is 0 Å². The number of ether oxygens (including phenoxy) is 2. The number of nitro groups is 1. The van der Waals surface area contributed by atoms with E-state index in [0.29, 0.717) is 29.9 Å². The molecule has 0 fully saturated rings. The van der Waals surface area contributed by atoms with Crippen LogP contribution < -0.4 is 5.32 Å². The van der Waals surface area contributed by atoms with E-state index >= 15 is 0 Å². The van der Waals surface area contributed by atoms with E-state index in [-0.39, 0.29) is 47.7 Å². The Balaban J connectivity index is 1.67. The van der Waals surface area contributed by atoms with Crippen molar-refractivity contribution in [3.63, 3.8) is 0 Å². The number of carbonyl (C=O) groups is 4. The summed E-state index contributed by atoms with van der Waals surface area (Å²) in [5, 5.41) is 14.8. The van der Waals surface area contributed by atoms with Crippen molar-refractivity contribution in [2.45, 2.75) is 26.2 Å². The van der Waals surface area contributed by atoms with Crippen LogP contribution in [0, 0.1) is 10.1 Å². The molecule has 0 saturated carbocycles. The first-order valence-corrected chi connectivity index (χ1v) is 13.4. The van der Waals surface area contributed by atoms with E-state index in [2.05, 4.69) is 5.32 Å². The van der Waals surface area contributed by atoms with Crippen LogP contribution in [0.4, 0.5) is 5.69 Å². The summed E-state index contributed by atoms with van der Waals surface area (Å²) < 4.78 is 10.9. The van der Waals surface area contributed by atoms with Crippen LogP contribution in [-0.2, 0) is 19.1 Å². The van der Waals surface area contributed by atoms with Crippen molar-refractivity contribution in [2.75, 3.05) is 40.4 Å². The number of hydrogen-bond acceptors (Lipinski definition) is 10. The summed E-state index contributed by atoms with van der Waals surface area (Å²) in [6.07, 6.45) is 0.409. The van der Waals surface area contributed by atoms with Crippen molar-refractivity contribution in [3.8, 4) is 0 Å². The highest BCUT2D eigenvalue weighted by atomic mass is 16.6. The van der Waals surface area contributed by atoms with E-state index in [1.165, 1.54) is 18.2 Å². The SMILES string of the molecule is CCOC(=O)C1=C(CCN(C)C)NC(C)=C(C(=O)OCCN2C(=O)c3ccccc3C2=O)C1c1cccc([N+](=O)[O-])c1. The first-order valence-electron chi connectivity index (χ1n) is 13.4. The third-order valence-corrected chi connectivity index (χ3v) is 7.01. The molecule has 2 aliphatic rings. The lowest BCUT2D eigenvalue weighted by atomic mass is 9.79. The number of rotatable bonds is 11. The molecule has 2 heterocycles. The van der Waals surface area contributed by atoms with E-state index in [0.717, 1.165) is 4.90 Å². The number of fused-ring (bicyclic) bond motifs is 1. The fourth-order valence-corrected chi connectivity index (χ4v) is 5.05. The summed E-state index contributed by atoms with van der Waals surface area (Å²) in [5.41, 5.74) is 1.83. The molecule has 2 amide bonds. The standard InChI is InChI=1S/C30H32N4O8/c1-5-41-30(38)26-23(13-14-32(3)4)31-18(2)24(25(26)19-9-8-10-20(17-19)34(39)40)29(37)42-16-15-33-27(35)21-11-6-7-12-22(21)28(33)36/h6-12,17,25,31H,5,13-16H2,1-4H3. The number of nitrogens with zero attached hydrogens (tertiary/aromatic N) is 3. The lowest BCUT2D eigenvalue weighted by Crippen LogP contribution is -2.36. The zero-order chi connectivity index (χ0) is 30.6. The average Bonchev–Trinajstić information content (AvgIpc) is 3.20. The molecule has 0 aromatic heterocycles. The molecule has 0 bridgehead atoms. The molecule has 220 valence electrons. The zero-order valence-corrected chi connectivity index (χ0v) is 23.8. The Morgan fingerprint density at radius 1 is 1.00 bits per heavy atom. The quantitative estimate of drug-likeness (QED) is 0.183. The summed E-state index contributed by atoms with van der Waals surface area (Å²) in [4.78, 5) is 66.4. The van der Waals surface area contributed by atoms with Crippen LogP contribution >= 0.6 is 0 Å². The molecule has 2 aliphatic heterocycles. The van der Waals surface area contributed by atoms with Crippen molar-refractivity contribution >= 4 is 29.4 Å². The van der Waals surface area contributed by atoms with Gasteiger partial charge in [-0.25, -0.2) is 9.59 Å². The number of imide groups is 1. The average molecular weight is 577 g/mol. The van der Waals surface area contributed by atoms with E-state index in [4.69, 9.17) is 9.47 Å². The molecule has 2 aromatic carbocycles. The van der Waals surface area contributed by atoms with Crippen LogP contribution in [0.1, 0.15) is 52.5 Å². The van der Waals surface area contributed by atoms with Gasteiger partial charge in [-0.15, -0.1) is 0 Å². The first-order chi connectivity index (χ1) is 20.0. The Labute approximate surface area is 242 Å². The number of dihydropyridines is 1. The molecule has 4 rings (SSSR count). The molecule has 0 aliphatic carbocycles. The van der Waals surface area contributed by atoms with Crippen LogP contribution in [0.5, 0.6) is 0 Å². The maximum absolute atomic E-state index is 13.6. The Bertz CT molecular complexity index is 1480. The summed E-state index contributed by atoms with van der Waals surface area (Å²) in [7, 11) is 3.76. The number of hydrogen-bond donors (Lipinski definition) is 1. The predicted molar refractivity (Wildman–Crippen MR) is 151 cm³/mol. The summed E-state index contributed by atoms with van der Waals surface area (Å²) >= 11 is 0. The molecule has 12 nitrogen and oxygen atoms in total. The van der Waals surface area contributed by atoms with Crippen LogP contribution in [0.25, 0.3) is 0 Å². The van der Waals surface area contributed by atoms with Gasteiger partial charge in [-0.1, -0.05) is 24.3 Å². The Morgan fingerprint density at radius 3 is 2.24 bits per heavy atom. The summed E-state index contributed by atoms with van der Waals surface area (Å²) in [6, 6.07) is 12.2. The van der Waals surface area contributed by atoms with Gasteiger partial charge in [-0.05, 0) is 45.6 Å². The number of allylic oxidation sites excluding steroid dienone is 1. The van der Waals surface area contributed by atoms with Gasteiger partial charge in [-0.3, -0.25) is 24.6 Å². The van der Waals surface area contributed by atoms with Gasteiger partial charge in [-0.2, -0.15) is 0 Å². The van der Waals surface area contributed by atoms with Crippen molar-refractivity contribution < 1.29 is 33.6 Å². The van der Waals surface area contributed by atoms with Gasteiger partial charge in [0.25, 0.3) is 17.5 Å². The van der Waals surface area contributed by atoms with Crippen molar-refractivity contribution in [1.82, 2.24) is 15.1 Å².